The van der Waals surface area contributed by atoms with E-state index in [2.05, 4.69) is 15.9 Å². The molecule has 4 heteroatoms. The Bertz CT molecular complexity index is 507. The van der Waals surface area contributed by atoms with Crippen LogP contribution >= 0.6 is 38.9 Å². The molecule has 1 heterocycles. The molecule has 0 bridgehead atoms. The lowest BCUT2D eigenvalue weighted by molar-refractivity contribution is 0.104. The first-order valence-electron chi connectivity index (χ1n) is 4.22. The Morgan fingerprint density at radius 3 is 2.73 bits per heavy atom. The molecular formula is C11H6BrClOS. The molecular weight excluding hydrogens is 296 g/mol. The average Bonchev–Trinajstić information content (AvgIpc) is 2.63. The molecule has 76 valence electrons. The van der Waals surface area contributed by atoms with Crippen molar-refractivity contribution in [1.82, 2.24) is 0 Å². The van der Waals surface area contributed by atoms with Crippen LogP contribution in [0.1, 0.15) is 15.2 Å². The molecule has 0 saturated carbocycles. The van der Waals surface area contributed by atoms with Crippen LogP contribution in [0.3, 0.4) is 0 Å². The Balaban J connectivity index is 2.41. The fourth-order valence-corrected chi connectivity index (χ4v) is 2.92. The number of rotatable bonds is 2. The summed E-state index contributed by atoms with van der Waals surface area (Å²) >= 11 is 10.6. The van der Waals surface area contributed by atoms with Crippen molar-refractivity contribution in [2.75, 3.05) is 0 Å². The van der Waals surface area contributed by atoms with Gasteiger partial charge in [-0.1, -0.05) is 23.7 Å². The number of carbonyl (C=O) groups is 1. The maximum Gasteiger partial charge on any atom is 0.204 e. The third-order valence-corrected chi connectivity index (χ3v) is 3.98. The molecule has 2 rings (SSSR count). The molecule has 0 aliphatic heterocycles. The molecule has 0 saturated heterocycles. The first-order chi connectivity index (χ1) is 7.18. The zero-order valence-electron chi connectivity index (χ0n) is 7.54. The van der Waals surface area contributed by atoms with Gasteiger partial charge in [-0.05, 0) is 39.5 Å². The number of halogens is 2. The molecule has 0 atom stereocenters. The number of benzene rings is 1. The van der Waals surface area contributed by atoms with Crippen molar-refractivity contribution in [2.24, 2.45) is 0 Å². The maximum absolute atomic E-state index is 12.0. The second kappa shape index (κ2) is 4.47. The van der Waals surface area contributed by atoms with Gasteiger partial charge in [0.15, 0.2) is 0 Å². The third-order valence-electron chi connectivity index (χ3n) is 1.91. The number of hydrogen-bond acceptors (Lipinski definition) is 2. The van der Waals surface area contributed by atoms with Crippen molar-refractivity contribution in [3.63, 3.8) is 0 Å². The first kappa shape index (κ1) is 10.9. The van der Waals surface area contributed by atoms with Crippen LogP contribution in [0.15, 0.2) is 40.2 Å². The van der Waals surface area contributed by atoms with Crippen LogP contribution in [-0.4, -0.2) is 5.78 Å². The highest BCUT2D eigenvalue weighted by Gasteiger charge is 2.13. The summed E-state index contributed by atoms with van der Waals surface area (Å²) in [5.41, 5.74) is 0.616. The highest BCUT2D eigenvalue weighted by atomic mass is 79.9. The lowest BCUT2D eigenvalue weighted by atomic mass is 10.1. The second-order valence-electron chi connectivity index (χ2n) is 2.94. The van der Waals surface area contributed by atoms with E-state index in [4.69, 9.17) is 11.6 Å². The smallest absolute Gasteiger partial charge is 0.204 e. The molecule has 1 aromatic carbocycles. The van der Waals surface area contributed by atoms with Crippen LogP contribution in [0.2, 0.25) is 5.02 Å². The van der Waals surface area contributed by atoms with Crippen molar-refractivity contribution < 1.29 is 4.79 Å². The van der Waals surface area contributed by atoms with Crippen molar-refractivity contribution in [1.29, 1.82) is 0 Å². The average molecular weight is 302 g/mol. The predicted molar refractivity (Wildman–Crippen MR) is 66.9 cm³/mol. The summed E-state index contributed by atoms with van der Waals surface area (Å²) < 4.78 is 0.831. The molecule has 0 fully saturated rings. The highest BCUT2D eigenvalue weighted by molar-refractivity contribution is 9.10. The van der Waals surface area contributed by atoms with E-state index in [1.807, 2.05) is 11.4 Å². The third kappa shape index (κ3) is 2.30. The number of carbonyl (C=O) groups excluding carboxylic acids is 1. The van der Waals surface area contributed by atoms with Crippen molar-refractivity contribution in [3.05, 3.63) is 55.6 Å². The van der Waals surface area contributed by atoms with E-state index >= 15 is 0 Å². The Labute approximate surface area is 105 Å². The zero-order chi connectivity index (χ0) is 10.8. The molecule has 2 aromatic rings. The molecule has 0 N–H and O–H groups in total. The summed E-state index contributed by atoms with van der Waals surface area (Å²) in [4.78, 5) is 12.7. The van der Waals surface area contributed by atoms with Crippen LogP contribution in [0.4, 0.5) is 0 Å². The van der Waals surface area contributed by atoms with Gasteiger partial charge < -0.3 is 0 Å². The van der Waals surface area contributed by atoms with Gasteiger partial charge in [0.05, 0.1) is 4.88 Å². The maximum atomic E-state index is 12.0. The quantitative estimate of drug-likeness (QED) is 0.752. The minimum atomic E-state index is -0.000579. The van der Waals surface area contributed by atoms with Gasteiger partial charge >= 0.3 is 0 Å². The van der Waals surface area contributed by atoms with E-state index in [1.54, 1.807) is 24.3 Å². The zero-order valence-corrected chi connectivity index (χ0v) is 10.7. The lowest BCUT2D eigenvalue weighted by Gasteiger charge is -1.99. The lowest BCUT2D eigenvalue weighted by Crippen LogP contribution is -1.98. The fourth-order valence-electron chi connectivity index (χ4n) is 1.22. The summed E-state index contributed by atoms with van der Waals surface area (Å²) in [5.74, 6) is -0.000579. The standard InChI is InChI=1S/C11H6BrClOS/c12-9-4-5-15-11(9)10(14)7-2-1-3-8(13)6-7/h1-6H. The fraction of sp³-hybridized carbons (Fsp3) is 0. The number of ketones is 1. The Morgan fingerprint density at radius 2 is 2.13 bits per heavy atom. The van der Waals surface area contributed by atoms with Crippen molar-refractivity contribution in [3.8, 4) is 0 Å². The topological polar surface area (TPSA) is 17.1 Å². The van der Waals surface area contributed by atoms with Gasteiger partial charge in [0.2, 0.25) is 5.78 Å². The minimum absolute atomic E-state index is 0.000579. The van der Waals surface area contributed by atoms with Gasteiger partial charge in [-0.2, -0.15) is 0 Å². The summed E-state index contributed by atoms with van der Waals surface area (Å²) in [5, 5.41) is 2.45. The number of thiophene rings is 1. The van der Waals surface area contributed by atoms with E-state index in [1.165, 1.54) is 11.3 Å². The minimum Gasteiger partial charge on any atom is -0.288 e. The van der Waals surface area contributed by atoms with Gasteiger partial charge in [0.25, 0.3) is 0 Å². The number of hydrogen-bond donors (Lipinski definition) is 0. The molecule has 0 aliphatic rings. The Hall–Kier alpha value is -0.640. The molecule has 0 unspecified atom stereocenters. The van der Waals surface area contributed by atoms with Gasteiger partial charge in [-0.25, -0.2) is 0 Å². The Morgan fingerprint density at radius 1 is 1.33 bits per heavy atom. The van der Waals surface area contributed by atoms with Gasteiger partial charge in [-0.15, -0.1) is 11.3 Å². The van der Waals surface area contributed by atoms with Crippen molar-refractivity contribution in [2.45, 2.75) is 0 Å². The molecule has 0 radical (unpaired) electrons. The van der Waals surface area contributed by atoms with Crippen LogP contribution in [0.25, 0.3) is 0 Å². The van der Waals surface area contributed by atoms with Gasteiger partial charge in [0.1, 0.15) is 0 Å². The molecule has 15 heavy (non-hydrogen) atoms. The van der Waals surface area contributed by atoms with E-state index in [0.29, 0.717) is 15.5 Å². The monoisotopic (exact) mass is 300 g/mol. The molecule has 0 spiro atoms. The largest absolute Gasteiger partial charge is 0.288 e. The van der Waals surface area contributed by atoms with E-state index in [0.717, 1.165) is 4.47 Å². The second-order valence-corrected chi connectivity index (χ2v) is 5.14. The van der Waals surface area contributed by atoms with Crippen LogP contribution in [-0.2, 0) is 0 Å². The van der Waals surface area contributed by atoms with Crippen LogP contribution in [0.5, 0.6) is 0 Å². The Kier molecular flexibility index (Phi) is 3.24. The summed E-state index contributed by atoms with van der Waals surface area (Å²) in [6.45, 7) is 0. The summed E-state index contributed by atoms with van der Waals surface area (Å²) in [7, 11) is 0. The van der Waals surface area contributed by atoms with E-state index < -0.39 is 0 Å². The van der Waals surface area contributed by atoms with Gasteiger partial charge in [0, 0.05) is 15.1 Å². The highest BCUT2D eigenvalue weighted by Crippen LogP contribution is 2.26. The molecule has 1 nitrogen and oxygen atoms in total. The molecule has 0 aliphatic carbocycles. The predicted octanol–water partition coefficient (Wildman–Crippen LogP) is 4.40. The molecule has 1 aromatic heterocycles. The normalized spacial score (nSPS) is 10.3. The molecule has 0 amide bonds. The summed E-state index contributed by atoms with van der Waals surface area (Å²) in [6.07, 6.45) is 0. The summed E-state index contributed by atoms with van der Waals surface area (Å²) in [6, 6.07) is 8.83. The van der Waals surface area contributed by atoms with Crippen LogP contribution in [0, 0.1) is 0 Å². The SMILES string of the molecule is O=C(c1cccc(Cl)c1)c1sccc1Br. The van der Waals surface area contributed by atoms with E-state index in [9.17, 15) is 4.79 Å². The first-order valence-corrected chi connectivity index (χ1v) is 6.27. The van der Waals surface area contributed by atoms with Crippen LogP contribution < -0.4 is 0 Å². The van der Waals surface area contributed by atoms with Gasteiger partial charge in [-0.3, -0.25) is 4.79 Å². The van der Waals surface area contributed by atoms with E-state index in [-0.39, 0.29) is 5.78 Å². The van der Waals surface area contributed by atoms with Crippen molar-refractivity contribution >= 4 is 44.7 Å².